The van der Waals surface area contributed by atoms with Crippen LogP contribution in [-0.2, 0) is 11.2 Å². The van der Waals surface area contributed by atoms with E-state index in [9.17, 15) is 0 Å². The minimum atomic E-state index is 0.229. The Morgan fingerprint density at radius 1 is 1.41 bits per heavy atom. The van der Waals surface area contributed by atoms with Gasteiger partial charge in [0.2, 0.25) is 0 Å². The number of hydrogen-bond donors (Lipinski definition) is 1. The van der Waals surface area contributed by atoms with Crippen molar-refractivity contribution in [2.45, 2.75) is 45.8 Å². The van der Waals surface area contributed by atoms with Crippen LogP contribution < -0.4 is 5.32 Å². The first-order chi connectivity index (χ1) is 8.17. The van der Waals surface area contributed by atoms with Gasteiger partial charge in [0.05, 0.1) is 10.4 Å². The first-order valence-electron chi connectivity index (χ1n) is 6.26. The highest BCUT2D eigenvalue weighted by molar-refractivity contribution is 7.16. The van der Waals surface area contributed by atoms with Gasteiger partial charge in [0.15, 0.2) is 0 Å². The van der Waals surface area contributed by atoms with Crippen LogP contribution in [0.2, 0.25) is 4.34 Å². The molecule has 2 nitrogen and oxygen atoms in total. The van der Waals surface area contributed by atoms with Crippen molar-refractivity contribution in [3.05, 3.63) is 21.3 Å². The predicted molar refractivity (Wildman–Crippen MR) is 76.2 cm³/mol. The molecule has 98 valence electrons. The molecule has 4 heteroatoms. The average Bonchev–Trinajstić information content (AvgIpc) is 2.70. The average molecular weight is 276 g/mol. The van der Waals surface area contributed by atoms with E-state index in [-0.39, 0.29) is 6.10 Å². The summed E-state index contributed by atoms with van der Waals surface area (Å²) in [5.41, 5.74) is 0. The Kier molecular flexibility index (Phi) is 7.12. The number of hydrogen-bond acceptors (Lipinski definition) is 3. The Hall–Kier alpha value is -0.0900. The lowest BCUT2D eigenvalue weighted by Crippen LogP contribution is -2.41. The summed E-state index contributed by atoms with van der Waals surface area (Å²) in [5, 5.41) is 3.55. The molecule has 0 saturated heterocycles. The number of nitrogens with one attached hydrogen (secondary N) is 1. The molecule has 0 aliphatic rings. The monoisotopic (exact) mass is 275 g/mol. The third-order valence-electron chi connectivity index (χ3n) is 2.70. The van der Waals surface area contributed by atoms with Crippen molar-refractivity contribution in [3.63, 3.8) is 0 Å². The number of rotatable bonds is 8. The van der Waals surface area contributed by atoms with E-state index in [2.05, 4.69) is 25.2 Å². The van der Waals surface area contributed by atoms with Crippen LogP contribution in [0, 0.1) is 0 Å². The van der Waals surface area contributed by atoms with E-state index in [1.807, 2.05) is 13.0 Å². The molecule has 0 spiro atoms. The topological polar surface area (TPSA) is 21.3 Å². The molecule has 0 radical (unpaired) electrons. The maximum Gasteiger partial charge on any atom is 0.0931 e. The summed E-state index contributed by atoms with van der Waals surface area (Å²) in [6.07, 6.45) is 2.35. The minimum absolute atomic E-state index is 0.229. The molecule has 1 rings (SSSR count). The third-order valence-corrected chi connectivity index (χ3v) is 3.96. The summed E-state index contributed by atoms with van der Waals surface area (Å²) < 4.78 is 6.55. The predicted octanol–water partition coefficient (Wildman–Crippen LogP) is 3.74. The summed E-state index contributed by atoms with van der Waals surface area (Å²) in [6, 6.07) is 4.43. The van der Waals surface area contributed by atoms with E-state index in [1.165, 1.54) is 4.88 Å². The number of halogens is 1. The highest BCUT2D eigenvalue weighted by atomic mass is 35.5. The fraction of sp³-hybridized carbons (Fsp3) is 0.692. The van der Waals surface area contributed by atoms with Gasteiger partial charge in [-0.05, 0) is 45.4 Å². The van der Waals surface area contributed by atoms with Gasteiger partial charge >= 0.3 is 0 Å². The SMILES string of the molecule is CCCNC(Cc1ccc(Cl)s1)C(C)OCC. The lowest BCUT2D eigenvalue weighted by atomic mass is 10.1. The van der Waals surface area contributed by atoms with Gasteiger partial charge in [-0.2, -0.15) is 0 Å². The molecule has 0 aliphatic heterocycles. The second-order valence-corrected chi connectivity index (χ2v) is 5.93. The molecule has 0 aliphatic carbocycles. The zero-order valence-electron chi connectivity index (χ0n) is 10.8. The number of thiophene rings is 1. The van der Waals surface area contributed by atoms with Crippen LogP contribution in [0.15, 0.2) is 12.1 Å². The maximum atomic E-state index is 5.96. The largest absolute Gasteiger partial charge is 0.377 e. The van der Waals surface area contributed by atoms with Crippen LogP contribution in [0.5, 0.6) is 0 Å². The molecule has 0 bridgehead atoms. The maximum absolute atomic E-state index is 5.96. The zero-order chi connectivity index (χ0) is 12.7. The van der Waals surface area contributed by atoms with Crippen molar-refractivity contribution in [1.82, 2.24) is 5.32 Å². The van der Waals surface area contributed by atoms with Gasteiger partial charge < -0.3 is 10.1 Å². The van der Waals surface area contributed by atoms with Gasteiger partial charge in [-0.15, -0.1) is 11.3 Å². The minimum Gasteiger partial charge on any atom is -0.377 e. The lowest BCUT2D eigenvalue weighted by molar-refractivity contribution is 0.0478. The summed E-state index contributed by atoms with van der Waals surface area (Å²) in [5.74, 6) is 0. The molecule has 0 saturated carbocycles. The highest BCUT2D eigenvalue weighted by Gasteiger charge is 2.18. The molecule has 0 fully saturated rings. The Balaban J connectivity index is 2.55. The van der Waals surface area contributed by atoms with Gasteiger partial charge in [-0.25, -0.2) is 0 Å². The van der Waals surface area contributed by atoms with Crippen LogP contribution >= 0.6 is 22.9 Å². The summed E-state index contributed by atoms with van der Waals surface area (Å²) in [7, 11) is 0. The van der Waals surface area contributed by atoms with E-state index in [0.717, 1.165) is 30.3 Å². The van der Waals surface area contributed by atoms with Crippen molar-refractivity contribution in [1.29, 1.82) is 0 Å². The lowest BCUT2D eigenvalue weighted by Gasteiger charge is -2.24. The first-order valence-corrected chi connectivity index (χ1v) is 7.46. The fourth-order valence-electron chi connectivity index (χ4n) is 1.79. The van der Waals surface area contributed by atoms with Crippen molar-refractivity contribution >= 4 is 22.9 Å². The van der Waals surface area contributed by atoms with Crippen LogP contribution in [0.1, 0.15) is 32.1 Å². The normalized spacial score (nSPS) is 14.8. The summed E-state index contributed by atoms with van der Waals surface area (Å²) in [4.78, 5) is 1.31. The standard InChI is InChI=1S/C13H22ClNOS/c1-4-8-15-12(10(3)16-5-2)9-11-6-7-13(14)17-11/h6-7,10,12,15H,4-5,8-9H2,1-3H3. The molecule has 1 aromatic heterocycles. The van der Waals surface area contributed by atoms with E-state index in [1.54, 1.807) is 11.3 Å². The smallest absolute Gasteiger partial charge is 0.0931 e. The molecule has 1 heterocycles. The molecule has 0 amide bonds. The summed E-state index contributed by atoms with van der Waals surface area (Å²) in [6.45, 7) is 8.14. The molecule has 17 heavy (non-hydrogen) atoms. The van der Waals surface area contributed by atoms with Gasteiger partial charge in [-0.3, -0.25) is 0 Å². The molecule has 2 atom stereocenters. The van der Waals surface area contributed by atoms with Gasteiger partial charge in [0.1, 0.15) is 0 Å². The second-order valence-electron chi connectivity index (χ2n) is 4.13. The van der Waals surface area contributed by atoms with Crippen molar-refractivity contribution in [3.8, 4) is 0 Å². The van der Waals surface area contributed by atoms with E-state index < -0.39 is 0 Å². The Morgan fingerprint density at radius 3 is 2.71 bits per heavy atom. The van der Waals surface area contributed by atoms with Gasteiger partial charge in [0, 0.05) is 17.5 Å². The molecule has 2 unspecified atom stereocenters. The van der Waals surface area contributed by atoms with Crippen molar-refractivity contribution < 1.29 is 4.74 Å². The molecule has 0 aromatic carbocycles. The van der Waals surface area contributed by atoms with Crippen molar-refractivity contribution in [2.24, 2.45) is 0 Å². The van der Waals surface area contributed by atoms with Gasteiger partial charge in [-0.1, -0.05) is 18.5 Å². The molecule has 1 N–H and O–H groups in total. The van der Waals surface area contributed by atoms with E-state index in [0.29, 0.717) is 6.04 Å². The summed E-state index contributed by atoms with van der Waals surface area (Å²) >= 11 is 7.61. The Morgan fingerprint density at radius 2 is 2.18 bits per heavy atom. The third kappa shape index (κ3) is 5.38. The van der Waals surface area contributed by atoms with Crippen molar-refractivity contribution in [2.75, 3.05) is 13.2 Å². The fourth-order valence-corrected chi connectivity index (χ4v) is 2.94. The van der Waals surface area contributed by atoms with Gasteiger partial charge in [0.25, 0.3) is 0 Å². The highest BCUT2D eigenvalue weighted by Crippen LogP contribution is 2.23. The second kappa shape index (κ2) is 8.09. The van der Waals surface area contributed by atoms with Crippen LogP contribution in [0.4, 0.5) is 0 Å². The number of ether oxygens (including phenoxy) is 1. The molecular formula is C13H22ClNOS. The first kappa shape index (κ1) is 15.0. The van der Waals surface area contributed by atoms with Crippen LogP contribution in [0.3, 0.4) is 0 Å². The molecular weight excluding hydrogens is 254 g/mol. The molecule has 1 aromatic rings. The Labute approximate surface area is 113 Å². The zero-order valence-corrected chi connectivity index (χ0v) is 12.4. The van der Waals surface area contributed by atoms with Crippen LogP contribution in [-0.4, -0.2) is 25.3 Å². The van der Waals surface area contributed by atoms with Crippen LogP contribution in [0.25, 0.3) is 0 Å². The Bertz CT molecular complexity index is 316. The van der Waals surface area contributed by atoms with E-state index in [4.69, 9.17) is 16.3 Å². The quantitative estimate of drug-likeness (QED) is 0.780. The van der Waals surface area contributed by atoms with E-state index >= 15 is 0 Å².